The molecule has 2 aliphatic rings. The van der Waals surface area contributed by atoms with Crippen LogP contribution in [-0.2, 0) is 14.6 Å². The molecule has 2 aliphatic heterocycles. The third-order valence-electron chi connectivity index (χ3n) is 2.90. The highest BCUT2D eigenvalue weighted by atomic mass is 32.2. The Kier molecular flexibility index (Phi) is 3.60. The van der Waals surface area contributed by atoms with E-state index in [1.165, 1.54) is 0 Å². The van der Waals surface area contributed by atoms with Crippen LogP contribution in [0.2, 0.25) is 0 Å². The van der Waals surface area contributed by atoms with Crippen molar-refractivity contribution >= 4 is 9.84 Å². The molecule has 2 fully saturated rings. The summed E-state index contributed by atoms with van der Waals surface area (Å²) in [6.45, 7) is 4.72. The van der Waals surface area contributed by atoms with Gasteiger partial charge in [0.1, 0.15) is 0 Å². The number of rotatable bonds is 2. The number of hydrogen-bond acceptors (Lipinski definition) is 5. The van der Waals surface area contributed by atoms with Gasteiger partial charge in [-0.2, -0.15) is 0 Å². The molecule has 2 saturated heterocycles. The van der Waals surface area contributed by atoms with Gasteiger partial charge in [0.05, 0.1) is 24.2 Å². The predicted molar refractivity (Wildman–Crippen MR) is 57.7 cm³/mol. The zero-order valence-electron chi connectivity index (χ0n) is 8.81. The summed E-state index contributed by atoms with van der Waals surface area (Å²) in [6.07, 6.45) is 0.222. The van der Waals surface area contributed by atoms with Gasteiger partial charge in [0.2, 0.25) is 0 Å². The number of sulfone groups is 1. The van der Waals surface area contributed by atoms with Crippen molar-refractivity contribution in [3.8, 4) is 0 Å². The average molecular weight is 234 g/mol. The van der Waals surface area contributed by atoms with E-state index in [2.05, 4.69) is 10.2 Å². The Labute approximate surface area is 90.7 Å². The molecule has 15 heavy (non-hydrogen) atoms. The molecule has 1 N–H and O–H groups in total. The largest absolute Gasteiger partial charge is 0.374 e. The second-order valence-corrected chi connectivity index (χ2v) is 6.45. The van der Waals surface area contributed by atoms with Crippen molar-refractivity contribution in [3.63, 3.8) is 0 Å². The lowest BCUT2D eigenvalue weighted by Gasteiger charge is -2.32. The van der Waals surface area contributed by atoms with Gasteiger partial charge in [-0.1, -0.05) is 0 Å². The van der Waals surface area contributed by atoms with Crippen LogP contribution >= 0.6 is 0 Å². The quantitative estimate of drug-likeness (QED) is 0.644. The van der Waals surface area contributed by atoms with Gasteiger partial charge in [0.25, 0.3) is 0 Å². The summed E-state index contributed by atoms with van der Waals surface area (Å²) in [6, 6.07) is 0. The van der Waals surface area contributed by atoms with Crippen LogP contribution in [0.15, 0.2) is 0 Å². The van der Waals surface area contributed by atoms with Gasteiger partial charge >= 0.3 is 0 Å². The lowest BCUT2D eigenvalue weighted by Crippen LogP contribution is -2.49. The molecule has 5 nitrogen and oxygen atoms in total. The summed E-state index contributed by atoms with van der Waals surface area (Å²) >= 11 is 0. The lowest BCUT2D eigenvalue weighted by atomic mass is 10.3. The second-order valence-electron chi connectivity index (χ2n) is 4.15. The Balaban J connectivity index is 1.76. The number of nitrogens with zero attached hydrogens (tertiary/aromatic N) is 1. The van der Waals surface area contributed by atoms with Gasteiger partial charge < -0.3 is 10.1 Å². The van der Waals surface area contributed by atoms with Crippen molar-refractivity contribution in [2.45, 2.75) is 6.10 Å². The van der Waals surface area contributed by atoms with Crippen molar-refractivity contribution < 1.29 is 13.2 Å². The third-order valence-corrected chi connectivity index (χ3v) is 4.51. The van der Waals surface area contributed by atoms with Crippen molar-refractivity contribution in [1.29, 1.82) is 0 Å². The Hall–Kier alpha value is -0.170. The summed E-state index contributed by atoms with van der Waals surface area (Å²) in [7, 11) is -2.75. The number of morpholine rings is 1. The van der Waals surface area contributed by atoms with E-state index in [9.17, 15) is 8.42 Å². The molecule has 1 unspecified atom stereocenters. The van der Waals surface area contributed by atoms with Gasteiger partial charge in [-0.05, 0) is 0 Å². The molecule has 0 aromatic carbocycles. The van der Waals surface area contributed by atoms with E-state index in [1.54, 1.807) is 0 Å². The van der Waals surface area contributed by atoms with E-state index in [0.29, 0.717) is 24.6 Å². The van der Waals surface area contributed by atoms with Crippen LogP contribution < -0.4 is 5.32 Å². The molecule has 0 aliphatic carbocycles. The van der Waals surface area contributed by atoms with Gasteiger partial charge in [0, 0.05) is 32.7 Å². The zero-order valence-corrected chi connectivity index (χ0v) is 9.63. The van der Waals surface area contributed by atoms with E-state index < -0.39 is 9.84 Å². The monoisotopic (exact) mass is 234 g/mol. The topological polar surface area (TPSA) is 58.6 Å². The molecule has 1 atom stereocenters. The first kappa shape index (κ1) is 11.3. The van der Waals surface area contributed by atoms with Crippen molar-refractivity contribution in [1.82, 2.24) is 10.2 Å². The summed E-state index contributed by atoms with van der Waals surface area (Å²) < 4.78 is 28.0. The second kappa shape index (κ2) is 4.78. The number of hydrogen-bond donors (Lipinski definition) is 1. The average Bonchev–Trinajstić information content (AvgIpc) is 2.23. The highest BCUT2D eigenvalue weighted by molar-refractivity contribution is 7.91. The van der Waals surface area contributed by atoms with Crippen LogP contribution in [0.5, 0.6) is 0 Å². The van der Waals surface area contributed by atoms with E-state index in [0.717, 1.165) is 26.2 Å². The standard InChI is InChI=1S/C9H18N2O3S/c12-15(13)5-2-11(3-6-15)8-9-7-10-1-4-14-9/h9-10H,1-8H2. The molecule has 0 spiro atoms. The minimum Gasteiger partial charge on any atom is -0.374 e. The van der Waals surface area contributed by atoms with Crippen LogP contribution in [0.4, 0.5) is 0 Å². The molecule has 88 valence electrons. The van der Waals surface area contributed by atoms with Crippen LogP contribution in [0.3, 0.4) is 0 Å². The molecule has 0 aromatic rings. The Bertz CT molecular complexity index is 284. The summed E-state index contributed by atoms with van der Waals surface area (Å²) in [5, 5.41) is 3.27. The fourth-order valence-electron chi connectivity index (χ4n) is 1.96. The van der Waals surface area contributed by atoms with Crippen molar-refractivity contribution in [2.24, 2.45) is 0 Å². The first-order valence-electron chi connectivity index (χ1n) is 5.41. The van der Waals surface area contributed by atoms with Crippen LogP contribution in [0.1, 0.15) is 0 Å². The fourth-order valence-corrected chi connectivity index (χ4v) is 3.23. The minimum absolute atomic E-state index is 0.222. The maximum absolute atomic E-state index is 11.2. The molecular weight excluding hydrogens is 216 g/mol. The molecule has 0 saturated carbocycles. The summed E-state index contributed by atoms with van der Waals surface area (Å²) in [5.41, 5.74) is 0. The van der Waals surface area contributed by atoms with E-state index in [-0.39, 0.29) is 6.10 Å². The minimum atomic E-state index is -2.75. The molecule has 2 heterocycles. The van der Waals surface area contributed by atoms with Crippen molar-refractivity contribution in [3.05, 3.63) is 0 Å². The molecule has 0 bridgehead atoms. The number of ether oxygens (including phenoxy) is 1. The molecule has 0 aromatic heterocycles. The van der Waals surface area contributed by atoms with Gasteiger partial charge in [0.15, 0.2) is 9.84 Å². The highest BCUT2D eigenvalue weighted by Gasteiger charge is 2.24. The van der Waals surface area contributed by atoms with Gasteiger partial charge in [-0.15, -0.1) is 0 Å². The number of nitrogens with one attached hydrogen (secondary N) is 1. The van der Waals surface area contributed by atoms with Gasteiger partial charge in [-0.3, -0.25) is 4.90 Å². The van der Waals surface area contributed by atoms with Crippen LogP contribution in [-0.4, -0.2) is 70.3 Å². The lowest BCUT2D eigenvalue weighted by molar-refractivity contribution is 0.00704. The molecule has 2 rings (SSSR count). The Morgan fingerprint density at radius 1 is 1.33 bits per heavy atom. The molecule has 0 amide bonds. The zero-order chi connectivity index (χ0) is 10.7. The normalized spacial score (nSPS) is 32.7. The van der Waals surface area contributed by atoms with Crippen molar-refractivity contribution in [2.75, 3.05) is 50.8 Å². The summed E-state index contributed by atoms with van der Waals surface area (Å²) in [4.78, 5) is 2.18. The van der Waals surface area contributed by atoms with E-state index >= 15 is 0 Å². The molecule has 6 heteroatoms. The smallest absolute Gasteiger partial charge is 0.152 e. The fraction of sp³-hybridized carbons (Fsp3) is 1.00. The summed E-state index contributed by atoms with van der Waals surface area (Å²) in [5.74, 6) is 0.598. The van der Waals surface area contributed by atoms with Crippen LogP contribution in [0.25, 0.3) is 0 Å². The molecular formula is C9H18N2O3S. The van der Waals surface area contributed by atoms with Crippen LogP contribution in [0, 0.1) is 0 Å². The first-order chi connectivity index (χ1) is 7.16. The SMILES string of the molecule is O=S1(=O)CCN(CC2CNCCO2)CC1. The maximum Gasteiger partial charge on any atom is 0.152 e. The van der Waals surface area contributed by atoms with E-state index in [1.807, 2.05) is 0 Å². The maximum atomic E-state index is 11.2. The Morgan fingerprint density at radius 2 is 2.07 bits per heavy atom. The van der Waals surface area contributed by atoms with E-state index in [4.69, 9.17) is 4.74 Å². The third kappa shape index (κ3) is 3.41. The first-order valence-corrected chi connectivity index (χ1v) is 7.23. The highest BCUT2D eigenvalue weighted by Crippen LogP contribution is 2.06. The Morgan fingerprint density at radius 3 is 2.67 bits per heavy atom. The molecule has 0 radical (unpaired) electrons. The predicted octanol–water partition coefficient (Wildman–Crippen LogP) is -1.29. The van der Waals surface area contributed by atoms with Gasteiger partial charge in [-0.25, -0.2) is 8.42 Å².